The van der Waals surface area contributed by atoms with E-state index in [1.54, 1.807) is 17.5 Å². The lowest BCUT2D eigenvalue weighted by Crippen LogP contribution is -2.22. The summed E-state index contributed by atoms with van der Waals surface area (Å²) in [7, 11) is 0. The Morgan fingerprint density at radius 1 is 1.29 bits per heavy atom. The zero-order chi connectivity index (χ0) is 16.5. The summed E-state index contributed by atoms with van der Waals surface area (Å²) in [6.45, 7) is 3.08. The average Bonchev–Trinajstić information content (AvgIpc) is 3.04. The van der Waals surface area contributed by atoms with Gasteiger partial charge in [-0.15, -0.1) is 11.3 Å². The van der Waals surface area contributed by atoms with E-state index >= 15 is 0 Å². The summed E-state index contributed by atoms with van der Waals surface area (Å²) in [6, 6.07) is 9.66. The first-order valence-electron chi connectivity index (χ1n) is 7.73. The summed E-state index contributed by atoms with van der Waals surface area (Å²) in [5.41, 5.74) is 4.92. The molecule has 1 aliphatic rings. The first-order valence-corrected chi connectivity index (χ1v) is 8.61. The number of hydrogen-bond acceptors (Lipinski definition) is 4. The lowest BCUT2D eigenvalue weighted by Gasteiger charge is -2.20. The SMILES string of the molecule is Cc1cc(CNC(=O)c2ccc3c(c2)OCc2cnccc2-3)cs1. The van der Waals surface area contributed by atoms with Crippen molar-refractivity contribution in [3.05, 3.63) is 69.7 Å². The lowest BCUT2D eigenvalue weighted by molar-refractivity contribution is 0.0950. The number of nitrogens with one attached hydrogen (secondary N) is 1. The molecule has 0 atom stereocenters. The minimum absolute atomic E-state index is 0.0919. The van der Waals surface area contributed by atoms with Gasteiger partial charge < -0.3 is 10.1 Å². The van der Waals surface area contributed by atoms with E-state index in [-0.39, 0.29) is 5.91 Å². The Labute approximate surface area is 144 Å². The molecular formula is C19H16N2O2S. The van der Waals surface area contributed by atoms with Crippen LogP contribution in [0.15, 0.2) is 48.1 Å². The van der Waals surface area contributed by atoms with Crippen molar-refractivity contribution in [3.63, 3.8) is 0 Å². The Kier molecular flexibility index (Phi) is 3.78. The van der Waals surface area contributed by atoms with Crippen molar-refractivity contribution in [1.29, 1.82) is 0 Å². The molecule has 120 valence electrons. The number of carbonyl (C=O) groups excluding carboxylic acids is 1. The third-order valence-electron chi connectivity index (χ3n) is 4.06. The number of nitrogens with zero attached hydrogens (tertiary/aromatic N) is 1. The number of carbonyl (C=O) groups is 1. The highest BCUT2D eigenvalue weighted by Crippen LogP contribution is 2.37. The Hall–Kier alpha value is -2.66. The molecule has 1 aromatic carbocycles. The van der Waals surface area contributed by atoms with Gasteiger partial charge in [0.05, 0.1) is 0 Å². The van der Waals surface area contributed by atoms with Crippen LogP contribution in [0.3, 0.4) is 0 Å². The molecule has 4 rings (SSSR count). The van der Waals surface area contributed by atoms with Gasteiger partial charge in [0.2, 0.25) is 0 Å². The molecule has 3 heterocycles. The molecule has 0 aliphatic carbocycles. The largest absolute Gasteiger partial charge is 0.488 e. The number of fused-ring (bicyclic) bond motifs is 3. The third kappa shape index (κ3) is 2.78. The smallest absolute Gasteiger partial charge is 0.251 e. The Morgan fingerprint density at radius 2 is 2.21 bits per heavy atom. The minimum Gasteiger partial charge on any atom is -0.488 e. The maximum Gasteiger partial charge on any atom is 0.251 e. The molecule has 0 unspecified atom stereocenters. The van der Waals surface area contributed by atoms with Crippen molar-refractivity contribution < 1.29 is 9.53 Å². The summed E-state index contributed by atoms with van der Waals surface area (Å²) in [5, 5.41) is 5.02. The number of pyridine rings is 1. The van der Waals surface area contributed by atoms with Crippen molar-refractivity contribution in [2.45, 2.75) is 20.1 Å². The predicted octanol–water partition coefficient (Wildman–Crippen LogP) is 3.94. The van der Waals surface area contributed by atoms with Gasteiger partial charge in [-0.1, -0.05) is 0 Å². The maximum absolute atomic E-state index is 12.4. The number of aryl methyl sites for hydroxylation is 1. The van der Waals surface area contributed by atoms with Gasteiger partial charge in [-0.2, -0.15) is 0 Å². The Morgan fingerprint density at radius 3 is 3.04 bits per heavy atom. The zero-order valence-electron chi connectivity index (χ0n) is 13.2. The molecule has 0 bridgehead atoms. The summed E-state index contributed by atoms with van der Waals surface area (Å²) in [4.78, 5) is 17.8. The fraction of sp³-hybridized carbons (Fsp3) is 0.158. The monoisotopic (exact) mass is 336 g/mol. The van der Waals surface area contributed by atoms with E-state index < -0.39 is 0 Å². The number of hydrogen-bond donors (Lipinski definition) is 1. The van der Waals surface area contributed by atoms with Gasteiger partial charge in [0.1, 0.15) is 12.4 Å². The van der Waals surface area contributed by atoms with E-state index in [1.165, 1.54) is 4.88 Å². The summed E-state index contributed by atoms with van der Waals surface area (Å²) >= 11 is 1.69. The molecule has 3 aromatic rings. The minimum atomic E-state index is -0.0919. The van der Waals surface area contributed by atoms with E-state index in [9.17, 15) is 4.79 Å². The summed E-state index contributed by atoms with van der Waals surface area (Å²) < 4.78 is 5.79. The van der Waals surface area contributed by atoms with Crippen LogP contribution < -0.4 is 10.1 Å². The topological polar surface area (TPSA) is 51.2 Å². The molecule has 0 radical (unpaired) electrons. The van der Waals surface area contributed by atoms with Crippen LogP contribution in [0.25, 0.3) is 11.1 Å². The van der Waals surface area contributed by atoms with Gasteiger partial charge in [0.25, 0.3) is 5.91 Å². The molecule has 24 heavy (non-hydrogen) atoms. The molecule has 1 aliphatic heterocycles. The fourth-order valence-corrected chi connectivity index (χ4v) is 3.55. The molecule has 0 fully saturated rings. The first kappa shape index (κ1) is 14.9. The molecule has 5 heteroatoms. The van der Waals surface area contributed by atoms with Crippen molar-refractivity contribution in [2.24, 2.45) is 0 Å². The van der Waals surface area contributed by atoms with Crippen LogP contribution in [0.5, 0.6) is 5.75 Å². The molecule has 0 saturated carbocycles. The second-order valence-corrected chi connectivity index (χ2v) is 6.90. The number of benzene rings is 1. The summed E-state index contributed by atoms with van der Waals surface area (Å²) in [6.07, 6.45) is 3.60. The maximum atomic E-state index is 12.4. The Bertz CT molecular complexity index is 917. The standard InChI is InChI=1S/C19H16N2O2S/c1-12-6-13(11-24-12)8-21-19(22)14-2-3-17-16-4-5-20-9-15(16)10-23-18(17)7-14/h2-7,9,11H,8,10H2,1H3,(H,21,22). The van der Waals surface area contributed by atoms with Crippen LogP contribution >= 0.6 is 11.3 Å². The van der Waals surface area contributed by atoms with Gasteiger partial charge >= 0.3 is 0 Å². The quantitative estimate of drug-likeness (QED) is 0.788. The fourth-order valence-electron chi connectivity index (χ4n) is 2.84. The molecular weight excluding hydrogens is 320 g/mol. The number of ether oxygens (including phenoxy) is 1. The van der Waals surface area contributed by atoms with Crippen LogP contribution in [-0.2, 0) is 13.2 Å². The van der Waals surface area contributed by atoms with E-state index in [0.29, 0.717) is 18.7 Å². The van der Waals surface area contributed by atoms with Crippen molar-refractivity contribution in [3.8, 4) is 16.9 Å². The van der Waals surface area contributed by atoms with Crippen LogP contribution in [0.1, 0.15) is 26.4 Å². The van der Waals surface area contributed by atoms with Gasteiger partial charge in [0, 0.05) is 40.5 Å². The molecule has 1 amide bonds. The third-order valence-corrected chi connectivity index (χ3v) is 4.97. The van der Waals surface area contributed by atoms with Crippen molar-refractivity contribution >= 4 is 17.2 Å². The summed E-state index contributed by atoms with van der Waals surface area (Å²) in [5.74, 6) is 0.651. The van der Waals surface area contributed by atoms with E-state index in [4.69, 9.17) is 4.74 Å². The van der Waals surface area contributed by atoms with Gasteiger partial charge in [-0.05, 0) is 53.8 Å². The predicted molar refractivity (Wildman–Crippen MR) is 94.2 cm³/mol. The van der Waals surface area contributed by atoms with Crippen molar-refractivity contribution in [1.82, 2.24) is 10.3 Å². The highest BCUT2D eigenvalue weighted by Gasteiger charge is 2.18. The van der Waals surface area contributed by atoms with Gasteiger partial charge in [-0.25, -0.2) is 0 Å². The number of rotatable bonds is 3. The number of aromatic nitrogens is 1. The molecule has 0 spiro atoms. The second kappa shape index (κ2) is 6.09. The van der Waals surface area contributed by atoms with Gasteiger partial charge in [0.15, 0.2) is 0 Å². The average molecular weight is 336 g/mol. The molecule has 0 saturated heterocycles. The van der Waals surface area contributed by atoms with Crippen LogP contribution in [0.2, 0.25) is 0 Å². The van der Waals surface area contributed by atoms with E-state index in [2.05, 4.69) is 28.7 Å². The first-order chi connectivity index (χ1) is 11.7. The van der Waals surface area contributed by atoms with Crippen LogP contribution in [-0.4, -0.2) is 10.9 Å². The Balaban J connectivity index is 1.54. The van der Waals surface area contributed by atoms with Gasteiger partial charge in [-0.3, -0.25) is 9.78 Å². The lowest BCUT2D eigenvalue weighted by atomic mass is 9.97. The highest BCUT2D eigenvalue weighted by molar-refractivity contribution is 7.10. The molecule has 2 aromatic heterocycles. The molecule has 1 N–H and O–H groups in total. The van der Waals surface area contributed by atoms with Crippen molar-refractivity contribution in [2.75, 3.05) is 0 Å². The van der Waals surface area contributed by atoms with Crippen LogP contribution in [0, 0.1) is 6.92 Å². The number of thiophene rings is 1. The van der Waals surface area contributed by atoms with E-state index in [1.807, 2.05) is 30.5 Å². The van der Waals surface area contributed by atoms with Crippen LogP contribution in [0.4, 0.5) is 0 Å². The number of amides is 1. The molecule has 4 nitrogen and oxygen atoms in total. The van der Waals surface area contributed by atoms with E-state index in [0.717, 1.165) is 28.0 Å². The zero-order valence-corrected chi connectivity index (χ0v) is 14.0. The second-order valence-electron chi connectivity index (χ2n) is 5.78. The normalized spacial score (nSPS) is 12.0. The highest BCUT2D eigenvalue weighted by atomic mass is 32.1.